The maximum atomic E-state index is 14.9. The van der Waals surface area contributed by atoms with Gasteiger partial charge in [0.1, 0.15) is 5.69 Å². The summed E-state index contributed by atoms with van der Waals surface area (Å²) in [4.78, 5) is 38.8. The van der Waals surface area contributed by atoms with Crippen LogP contribution in [-0.2, 0) is 6.18 Å². The lowest BCUT2D eigenvalue weighted by molar-refractivity contribution is -0.145. The molecule has 5 heterocycles. The lowest BCUT2D eigenvalue weighted by atomic mass is 10.2. The van der Waals surface area contributed by atoms with Crippen molar-refractivity contribution in [2.24, 2.45) is 0 Å². The predicted molar refractivity (Wildman–Crippen MR) is 108 cm³/mol. The largest absolute Gasteiger partial charge is 0.466 e. The van der Waals surface area contributed by atoms with Crippen LogP contribution in [0.2, 0.25) is 0 Å². The van der Waals surface area contributed by atoms with Crippen LogP contribution in [0.25, 0.3) is 16.9 Å². The number of hydrogen-bond acceptors (Lipinski definition) is 8. The van der Waals surface area contributed by atoms with Gasteiger partial charge < -0.3 is 14.6 Å². The Hall–Kier alpha value is -4.44. The zero-order chi connectivity index (χ0) is 25.8. The first kappa shape index (κ1) is 23.3. The lowest BCUT2D eigenvalue weighted by Crippen LogP contribution is -2.36. The maximum Gasteiger partial charge on any atom is 0.451 e. The second kappa shape index (κ2) is 8.06. The van der Waals surface area contributed by atoms with Crippen LogP contribution in [0.4, 0.5) is 32.0 Å². The van der Waals surface area contributed by atoms with E-state index in [-0.39, 0.29) is 22.6 Å². The van der Waals surface area contributed by atoms with Gasteiger partial charge in [-0.1, -0.05) is 0 Å². The Morgan fingerprint density at radius 3 is 2.69 bits per heavy atom. The SMILES string of the molecule is O=c1[nH]cc(-c2cc(N3C[C@H](Oc4ccnc(C(F)(F)F)n4)C(F)(F)C3)c3ncc(F)n3n2)c(=O)[nH]1. The summed E-state index contributed by atoms with van der Waals surface area (Å²) in [5.74, 6) is -6.81. The minimum atomic E-state index is -4.91. The number of alkyl halides is 5. The van der Waals surface area contributed by atoms with Gasteiger partial charge >= 0.3 is 17.8 Å². The smallest absolute Gasteiger partial charge is 0.451 e. The van der Waals surface area contributed by atoms with Crippen LogP contribution in [-0.4, -0.2) is 59.6 Å². The van der Waals surface area contributed by atoms with Gasteiger partial charge in [0.15, 0.2) is 11.8 Å². The third-order valence-corrected chi connectivity index (χ3v) is 5.25. The van der Waals surface area contributed by atoms with E-state index in [9.17, 15) is 35.9 Å². The van der Waals surface area contributed by atoms with E-state index < -0.39 is 60.2 Å². The molecule has 1 saturated heterocycles. The van der Waals surface area contributed by atoms with Gasteiger partial charge in [-0.05, 0) is 6.07 Å². The van der Waals surface area contributed by atoms with Crippen molar-refractivity contribution < 1.29 is 31.1 Å². The zero-order valence-corrected chi connectivity index (χ0v) is 17.6. The molecule has 1 aliphatic rings. The van der Waals surface area contributed by atoms with Crippen LogP contribution in [0.15, 0.2) is 40.3 Å². The third-order valence-electron chi connectivity index (χ3n) is 5.25. The minimum absolute atomic E-state index is 0.0704. The summed E-state index contributed by atoms with van der Waals surface area (Å²) in [6, 6.07) is 2.10. The molecule has 4 aromatic heterocycles. The van der Waals surface area contributed by atoms with Crippen LogP contribution in [0.1, 0.15) is 5.82 Å². The summed E-state index contributed by atoms with van der Waals surface area (Å²) in [6.45, 7) is -1.54. The molecule has 0 unspecified atom stereocenters. The number of hydrogen-bond donors (Lipinski definition) is 2. The number of fused-ring (bicyclic) bond motifs is 1. The maximum absolute atomic E-state index is 14.9. The Kier molecular flexibility index (Phi) is 5.22. The van der Waals surface area contributed by atoms with Gasteiger partial charge in [-0.2, -0.15) is 32.2 Å². The first-order valence-electron chi connectivity index (χ1n) is 9.99. The number of halogens is 6. The topological polar surface area (TPSA) is 134 Å². The Morgan fingerprint density at radius 2 is 1.97 bits per heavy atom. The van der Waals surface area contributed by atoms with Crippen molar-refractivity contribution >= 4 is 11.3 Å². The summed E-state index contributed by atoms with van der Waals surface area (Å²) in [7, 11) is 0. The molecule has 11 nitrogen and oxygen atoms in total. The molecule has 4 aromatic rings. The van der Waals surface area contributed by atoms with Crippen LogP contribution in [0.3, 0.4) is 0 Å². The van der Waals surface area contributed by atoms with Crippen molar-refractivity contribution in [1.82, 2.24) is 34.5 Å². The fraction of sp³-hybridized carbons (Fsp3) is 0.263. The van der Waals surface area contributed by atoms with Crippen molar-refractivity contribution in [2.75, 3.05) is 18.0 Å². The second-order valence-corrected chi connectivity index (χ2v) is 7.68. The van der Waals surface area contributed by atoms with Crippen LogP contribution in [0, 0.1) is 5.95 Å². The van der Waals surface area contributed by atoms with Crippen LogP contribution < -0.4 is 20.9 Å². The van der Waals surface area contributed by atoms with E-state index in [0.29, 0.717) is 4.52 Å². The molecule has 0 aromatic carbocycles. The van der Waals surface area contributed by atoms with E-state index in [4.69, 9.17) is 4.74 Å². The number of ether oxygens (including phenoxy) is 1. The Labute approximate surface area is 194 Å². The van der Waals surface area contributed by atoms with Crippen molar-refractivity contribution in [3.63, 3.8) is 0 Å². The standard InChI is InChI=1S/C19H12F6N8O3/c20-12-5-27-14-10(3-9(31-33(12)14)8-4-28-17(35)30-15(8)34)32-6-11(18(21,22)7-32)36-13-1-2-26-16(29-13)19(23,24)25/h1-5,11H,6-7H2,(H2,28,30,34,35)/t11-/m0/s1. The molecule has 0 spiro atoms. The molecule has 2 N–H and O–H groups in total. The van der Waals surface area contributed by atoms with Gasteiger partial charge in [0.2, 0.25) is 17.7 Å². The number of nitrogens with one attached hydrogen (secondary N) is 2. The van der Waals surface area contributed by atoms with Crippen LogP contribution >= 0.6 is 0 Å². The first-order chi connectivity index (χ1) is 16.9. The summed E-state index contributed by atoms with van der Waals surface area (Å²) < 4.78 is 88.4. The Bertz CT molecular complexity index is 1580. The molecular weight excluding hydrogens is 502 g/mol. The average molecular weight is 514 g/mol. The third kappa shape index (κ3) is 4.11. The van der Waals surface area contributed by atoms with E-state index in [1.54, 1.807) is 0 Å². The predicted octanol–water partition coefficient (Wildman–Crippen LogP) is 1.62. The highest BCUT2D eigenvalue weighted by molar-refractivity contribution is 5.74. The Morgan fingerprint density at radius 1 is 1.19 bits per heavy atom. The van der Waals surface area contributed by atoms with Crippen molar-refractivity contribution in [1.29, 1.82) is 0 Å². The average Bonchev–Trinajstić information content (AvgIpc) is 3.32. The van der Waals surface area contributed by atoms with Crippen molar-refractivity contribution in [2.45, 2.75) is 18.2 Å². The molecule has 17 heteroatoms. The van der Waals surface area contributed by atoms with Gasteiger partial charge in [0.05, 0.1) is 30.5 Å². The summed E-state index contributed by atoms with van der Waals surface area (Å²) in [5, 5.41) is 3.95. The van der Waals surface area contributed by atoms with Gasteiger partial charge in [-0.3, -0.25) is 9.78 Å². The van der Waals surface area contributed by atoms with Crippen molar-refractivity contribution in [3.05, 3.63) is 63.3 Å². The number of nitrogens with zero attached hydrogens (tertiary/aromatic N) is 6. The Balaban J connectivity index is 1.52. The van der Waals surface area contributed by atoms with Gasteiger partial charge in [-0.25, -0.2) is 23.5 Å². The molecule has 0 bridgehead atoms. The van der Waals surface area contributed by atoms with Gasteiger partial charge in [0, 0.05) is 18.5 Å². The van der Waals surface area contributed by atoms with E-state index in [1.807, 2.05) is 4.98 Å². The highest BCUT2D eigenvalue weighted by atomic mass is 19.4. The lowest BCUT2D eigenvalue weighted by Gasteiger charge is -2.19. The highest BCUT2D eigenvalue weighted by Crippen LogP contribution is 2.36. The number of aromatic amines is 2. The van der Waals surface area contributed by atoms with E-state index in [0.717, 1.165) is 29.6 Å². The monoisotopic (exact) mass is 514 g/mol. The minimum Gasteiger partial charge on any atom is -0.466 e. The molecule has 1 aliphatic heterocycles. The molecule has 188 valence electrons. The summed E-state index contributed by atoms with van der Waals surface area (Å²) >= 11 is 0. The van der Waals surface area contributed by atoms with E-state index in [2.05, 4.69) is 25.0 Å². The second-order valence-electron chi connectivity index (χ2n) is 7.68. The highest BCUT2D eigenvalue weighted by Gasteiger charge is 2.51. The molecule has 36 heavy (non-hydrogen) atoms. The van der Waals surface area contributed by atoms with Gasteiger partial charge in [0.25, 0.3) is 5.56 Å². The zero-order valence-electron chi connectivity index (χ0n) is 17.6. The number of rotatable bonds is 4. The number of imidazole rings is 1. The molecule has 5 rings (SSSR count). The fourth-order valence-electron chi connectivity index (χ4n) is 3.64. The number of aromatic nitrogens is 7. The van der Waals surface area contributed by atoms with Crippen LogP contribution in [0.5, 0.6) is 5.88 Å². The molecular formula is C19H12F6N8O3. The van der Waals surface area contributed by atoms with E-state index >= 15 is 0 Å². The van der Waals surface area contributed by atoms with E-state index in [1.165, 1.54) is 6.07 Å². The summed E-state index contributed by atoms with van der Waals surface area (Å²) in [5.41, 5.74) is -2.28. The first-order valence-corrected chi connectivity index (χ1v) is 9.99. The quantitative estimate of drug-likeness (QED) is 0.393. The number of anilines is 1. The molecule has 0 saturated carbocycles. The fourth-order valence-corrected chi connectivity index (χ4v) is 3.64. The normalized spacial score (nSPS) is 17.6. The van der Waals surface area contributed by atoms with Gasteiger partial charge in [-0.15, -0.1) is 0 Å². The number of H-pyrrole nitrogens is 2. The molecule has 0 amide bonds. The molecule has 1 fully saturated rings. The summed E-state index contributed by atoms with van der Waals surface area (Å²) in [6.07, 6.45) is -4.32. The van der Waals surface area contributed by atoms with Crippen molar-refractivity contribution in [3.8, 4) is 17.1 Å². The molecule has 1 atom stereocenters. The molecule has 0 radical (unpaired) electrons. The molecule has 0 aliphatic carbocycles.